The first kappa shape index (κ1) is 18.6. The Morgan fingerprint density at radius 3 is 2.25 bits per heavy atom. The maximum atomic E-state index is 13.8. The maximum absolute atomic E-state index is 13.8. The number of benzene rings is 3. The minimum Gasteiger partial charge on any atom is -0.204 e. The highest BCUT2D eigenvalue weighted by Gasteiger charge is 2.21. The van der Waals surface area contributed by atoms with E-state index in [9.17, 15) is 13.2 Å². The molecule has 3 aromatic rings. The highest BCUT2D eigenvalue weighted by molar-refractivity contribution is 5.84. The summed E-state index contributed by atoms with van der Waals surface area (Å²) in [6, 6.07) is 14.5. The van der Waals surface area contributed by atoms with E-state index in [4.69, 9.17) is 0 Å². The van der Waals surface area contributed by atoms with Crippen molar-refractivity contribution in [1.29, 1.82) is 0 Å². The van der Waals surface area contributed by atoms with E-state index in [0.717, 1.165) is 31.7 Å². The van der Waals surface area contributed by atoms with Crippen molar-refractivity contribution in [1.82, 2.24) is 0 Å². The maximum Gasteiger partial charge on any atom is 0.195 e. The van der Waals surface area contributed by atoms with E-state index in [1.54, 1.807) is 12.1 Å². The van der Waals surface area contributed by atoms with Gasteiger partial charge in [0.25, 0.3) is 0 Å². The summed E-state index contributed by atoms with van der Waals surface area (Å²) in [7, 11) is 0. The molecule has 0 heterocycles. The van der Waals surface area contributed by atoms with Crippen molar-refractivity contribution >= 4 is 10.8 Å². The first-order chi connectivity index (χ1) is 13.5. The largest absolute Gasteiger partial charge is 0.204 e. The number of hydrogen-bond donors (Lipinski definition) is 0. The number of fused-ring (bicyclic) bond motifs is 1. The van der Waals surface area contributed by atoms with Gasteiger partial charge in [-0.3, -0.25) is 0 Å². The smallest absolute Gasteiger partial charge is 0.195 e. The van der Waals surface area contributed by atoms with Crippen LogP contribution in [0.4, 0.5) is 13.2 Å². The van der Waals surface area contributed by atoms with E-state index >= 15 is 0 Å². The second-order valence-electron chi connectivity index (χ2n) is 7.65. The lowest BCUT2D eigenvalue weighted by Crippen LogP contribution is -2.12. The molecule has 0 nitrogen and oxygen atoms in total. The summed E-state index contributed by atoms with van der Waals surface area (Å²) in [5.74, 6) is 3.62. The fraction of sp³-hybridized carbons (Fsp3) is 0.280. The van der Waals surface area contributed by atoms with Crippen LogP contribution in [0, 0.1) is 42.1 Å². The number of rotatable bonds is 1. The van der Waals surface area contributed by atoms with Crippen LogP contribution in [0.15, 0.2) is 48.5 Å². The molecule has 0 aromatic heterocycles. The van der Waals surface area contributed by atoms with Gasteiger partial charge in [-0.15, -0.1) is 0 Å². The van der Waals surface area contributed by atoms with Crippen LogP contribution >= 0.6 is 0 Å². The Kier molecular flexibility index (Phi) is 5.13. The molecule has 0 aliphatic heterocycles. The molecule has 0 amide bonds. The molecule has 1 aliphatic carbocycles. The second kappa shape index (κ2) is 7.72. The number of hydrogen-bond acceptors (Lipinski definition) is 0. The zero-order valence-electron chi connectivity index (χ0n) is 15.7. The topological polar surface area (TPSA) is 0 Å². The predicted molar refractivity (Wildman–Crippen MR) is 107 cm³/mol. The quantitative estimate of drug-likeness (QED) is 0.319. The lowest BCUT2D eigenvalue weighted by molar-refractivity contribution is 0.384. The summed E-state index contributed by atoms with van der Waals surface area (Å²) in [4.78, 5) is 0. The lowest BCUT2D eigenvalue weighted by Gasteiger charge is -2.26. The summed E-state index contributed by atoms with van der Waals surface area (Å²) in [5.41, 5.74) is 3.38. The van der Waals surface area contributed by atoms with E-state index in [2.05, 4.69) is 43.0 Å². The van der Waals surface area contributed by atoms with Gasteiger partial charge >= 0.3 is 0 Å². The van der Waals surface area contributed by atoms with Gasteiger partial charge in [-0.05, 0) is 67.7 Å². The minimum absolute atomic E-state index is 0.0723. The Morgan fingerprint density at radius 2 is 1.54 bits per heavy atom. The molecule has 0 N–H and O–H groups in total. The van der Waals surface area contributed by atoms with Gasteiger partial charge in [0.05, 0.1) is 0 Å². The van der Waals surface area contributed by atoms with Gasteiger partial charge in [-0.1, -0.05) is 47.7 Å². The molecule has 0 unspecified atom stereocenters. The molecule has 142 valence electrons. The average molecular weight is 378 g/mol. The highest BCUT2D eigenvalue weighted by Crippen LogP contribution is 2.35. The number of halogens is 3. The molecule has 0 bridgehead atoms. The summed E-state index contributed by atoms with van der Waals surface area (Å²) in [6.45, 7) is 2.10. The summed E-state index contributed by atoms with van der Waals surface area (Å²) in [6.07, 6.45) is 4.34. The lowest BCUT2D eigenvalue weighted by atomic mass is 9.79. The third-order valence-electron chi connectivity index (χ3n) is 5.67. The van der Waals surface area contributed by atoms with Gasteiger partial charge in [0, 0.05) is 16.9 Å². The van der Waals surface area contributed by atoms with Crippen molar-refractivity contribution in [2.75, 3.05) is 0 Å². The zero-order chi connectivity index (χ0) is 19.7. The van der Waals surface area contributed by atoms with Gasteiger partial charge < -0.3 is 0 Å². The van der Waals surface area contributed by atoms with Crippen LogP contribution in [0.2, 0.25) is 0 Å². The van der Waals surface area contributed by atoms with E-state index in [-0.39, 0.29) is 5.39 Å². The molecule has 0 spiro atoms. The Morgan fingerprint density at radius 1 is 0.821 bits per heavy atom. The Bertz CT molecular complexity index is 1060. The monoisotopic (exact) mass is 378 g/mol. The summed E-state index contributed by atoms with van der Waals surface area (Å²) >= 11 is 0. The van der Waals surface area contributed by atoms with Crippen molar-refractivity contribution in [3.63, 3.8) is 0 Å². The molecule has 4 rings (SSSR count). The summed E-state index contributed by atoms with van der Waals surface area (Å²) in [5, 5.41) is 0.398. The van der Waals surface area contributed by atoms with Crippen LogP contribution in [0.1, 0.15) is 48.3 Å². The van der Waals surface area contributed by atoms with Crippen molar-refractivity contribution in [3.8, 4) is 11.8 Å². The molecule has 0 saturated heterocycles. The van der Waals surface area contributed by atoms with Gasteiger partial charge in [-0.25, -0.2) is 13.2 Å². The van der Waals surface area contributed by atoms with Crippen molar-refractivity contribution in [2.24, 2.45) is 5.92 Å². The van der Waals surface area contributed by atoms with Crippen LogP contribution in [0.3, 0.4) is 0 Å². The molecule has 0 atom stereocenters. The zero-order valence-corrected chi connectivity index (χ0v) is 15.7. The van der Waals surface area contributed by atoms with Gasteiger partial charge in [0.15, 0.2) is 17.5 Å². The molecule has 0 radical (unpaired) electrons. The SMILES string of the molecule is Cc1ccc(C2CCC(C#Cc3ccc4c(F)c(F)c(F)cc4c3)CC2)cc1. The molecule has 3 heteroatoms. The molecule has 1 aliphatic rings. The summed E-state index contributed by atoms with van der Waals surface area (Å²) < 4.78 is 40.6. The predicted octanol–water partition coefficient (Wildman–Crippen LogP) is 6.89. The van der Waals surface area contributed by atoms with E-state index in [0.29, 0.717) is 22.8 Å². The Hall–Kier alpha value is -2.73. The Balaban J connectivity index is 1.46. The van der Waals surface area contributed by atoms with Crippen LogP contribution in [-0.2, 0) is 0 Å². The molecular formula is C25H21F3. The minimum atomic E-state index is -1.43. The van der Waals surface area contributed by atoms with Crippen LogP contribution in [0.5, 0.6) is 0 Å². The fourth-order valence-electron chi connectivity index (χ4n) is 3.98. The normalized spacial score (nSPS) is 19.3. The molecular weight excluding hydrogens is 357 g/mol. The van der Waals surface area contributed by atoms with Gasteiger partial charge in [0.1, 0.15) is 0 Å². The van der Waals surface area contributed by atoms with Crippen LogP contribution in [0.25, 0.3) is 10.8 Å². The first-order valence-corrected chi connectivity index (χ1v) is 9.66. The molecule has 3 aromatic carbocycles. The fourth-order valence-corrected chi connectivity index (χ4v) is 3.98. The Labute approximate surface area is 163 Å². The highest BCUT2D eigenvalue weighted by atomic mass is 19.2. The number of aryl methyl sites for hydroxylation is 1. The third-order valence-corrected chi connectivity index (χ3v) is 5.67. The van der Waals surface area contributed by atoms with Crippen molar-refractivity contribution in [3.05, 3.63) is 82.7 Å². The van der Waals surface area contributed by atoms with Crippen molar-refractivity contribution < 1.29 is 13.2 Å². The van der Waals surface area contributed by atoms with Crippen LogP contribution in [-0.4, -0.2) is 0 Å². The third kappa shape index (κ3) is 3.78. The average Bonchev–Trinajstić information content (AvgIpc) is 2.71. The van der Waals surface area contributed by atoms with E-state index in [1.807, 2.05) is 0 Å². The van der Waals surface area contributed by atoms with Gasteiger partial charge in [0.2, 0.25) is 0 Å². The second-order valence-corrected chi connectivity index (χ2v) is 7.65. The molecule has 1 fully saturated rings. The first-order valence-electron chi connectivity index (χ1n) is 9.66. The van der Waals surface area contributed by atoms with E-state index in [1.165, 1.54) is 17.2 Å². The van der Waals surface area contributed by atoms with E-state index < -0.39 is 17.5 Å². The molecule has 28 heavy (non-hydrogen) atoms. The molecule has 1 saturated carbocycles. The van der Waals surface area contributed by atoms with Gasteiger partial charge in [-0.2, -0.15) is 0 Å². The van der Waals surface area contributed by atoms with Crippen molar-refractivity contribution in [2.45, 2.75) is 38.5 Å². The standard InChI is InChI=1S/C25H21F3/c1-16-2-9-19(10-3-16)20-11-6-17(7-12-20)4-5-18-8-13-22-21(14-18)15-23(26)25(28)24(22)27/h2-3,8-10,13-15,17,20H,6-7,11-12H2,1H3. The van der Waals surface area contributed by atoms with Crippen LogP contribution < -0.4 is 0 Å².